The molecule has 1 atom stereocenters. The maximum absolute atomic E-state index is 12.3. The van der Waals surface area contributed by atoms with E-state index in [1.165, 1.54) is 0 Å². The zero-order valence-corrected chi connectivity index (χ0v) is 14.7. The van der Waals surface area contributed by atoms with Crippen molar-refractivity contribution in [1.29, 1.82) is 0 Å². The van der Waals surface area contributed by atoms with Crippen LogP contribution in [0, 0.1) is 6.92 Å². The average molecular weight is 389 g/mol. The Balaban J connectivity index is 1.55. The lowest BCUT2D eigenvalue weighted by Gasteiger charge is -2.11. The molecule has 24 heavy (non-hydrogen) atoms. The highest BCUT2D eigenvalue weighted by atomic mass is 79.9. The molecule has 124 valence electrons. The highest BCUT2D eigenvalue weighted by molar-refractivity contribution is 9.10. The monoisotopic (exact) mass is 388 g/mol. The largest absolute Gasteiger partial charge is 0.492 e. The highest BCUT2D eigenvalue weighted by Crippen LogP contribution is 2.33. The van der Waals surface area contributed by atoms with Crippen molar-refractivity contribution in [2.24, 2.45) is 0 Å². The Bertz CT molecular complexity index is 792. The molecule has 1 heterocycles. The fourth-order valence-electron chi connectivity index (χ4n) is 2.60. The molecule has 2 aromatic rings. The fraction of sp³-hybridized carbons (Fsp3) is 0.222. The number of hydrogen-bond acceptors (Lipinski definition) is 3. The topological polar surface area (TPSA) is 67.4 Å². The van der Waals surface area contributed by atoms with Gasteiger partial charge in [-0.25, -0.2) is 0 Å². The number of anilines is 1. The van der Waals surface area contributed by atoms with E-state index < -0.39 is 0 Å². The summed E-state index contributed by atoms with van der Waals surface area (Å²) in [4.78, 5) is 24.3. The third kappa shape index (κ3) is 3.59. The molecule has 0 saturated carbocycles. The van der Waals surface area contributed by atoms with Gasteiger partial charge in [-0.3, -0.25) is 9.59 Å². The van der Waals surface area contributed by atoms with Crippen LogP contribution < -0.4 is 15.4 Å². The minimum atomic E-state index is -0.371. The first-order valence-electron chi connectivity index (χ1n) is 7.60. The Morgan fingerprint density at radius 2 is 2.04 bits per heavy atom. The number of amides is 2. The molecular weight excluding hydrogens is 372 g/mol. The number of aryl methyl sites for hydroxylation is 1. The van der Waals surface area contributed by atoms with Crippen LogP contribution in [0.25, 0.3) is 0 Å². The Morgan fingerprint density at radius 1 is 1.25 bits per heavy atom. The first kappa shape index (κ1) is 16.5. The second kappa shape index (κ2) is 7.05. The van der Waals surface area contributed by atoms with Crippen LogP contribution in [0.15, 0.2) is 46.9 Å². The van der Waals surface area contributed by atoms with Gasteiger partial charge in [0, 0.05) is 15.7 Å². The molecule has 6 heteroatoms. The van der Waals surface area contributed by atoms with Crippen molar-refractivity contribution in [3.8, 4) is 5.75 Å². The number of para-hydroxylation sites is 1. The van der Waals surface area contributed by atoms with Crippen molar-refractivity contribution in [1.82, 2.24) is 5.32 Å². The van der Waals surface area contributed by atoms with Gasteiger partial charge in [-0.1, -0.05) is 34.1 Å². The smallest absolute Gasteiger partial charge is 0.243 e. The van der Waals surface area contributed by atoms with Crippen molar-refractivity contribution < 1.29 is 14.3 Å². The van der Waals surface area contributed by atoms with E-state index in [4.69, 9.17) is 4.74 Å². The first-order chi connectivity index (χ1) is 11.5. The van der Waals surface area contributed by atoms with E-state index in [-0.39, 0.29) is 24.3 Å². The molecule has 1 aliphatic heterocycles. The lowest BCUT2D eigenvalue weighted by atomic mass is 10.0. The molecular formula is C18H17BrN2O3. The quantitative estimate of drug-likeness (QED) is 0.845. The number of rotatable bonds is 4. The molecule has 0 spiro atoms. The first-order valence-corrected chi connectivity index (χ1v) is 8.39. The van der Waals surface area contributed by atoms with Crippen LogP contribution in [-0.4, -0.2) is 25.0 Å². The van der Waals surface area contributed by atoms with Crippen LogP contribution in [0.2, 0.25) is 0 Å². The molecule has 0 aliphatic carbocycles. The van der Waals surface area contributed by atoms with Crippen LogP contribution in [0.5, 0.6) is 5.75 Å². The van der Waals surface area contributed by atoms with Gasteiger partial charge in [-0.2, -0.15) is 0 Å². The van der Waals surface area contributed by atoms with E-state index in [9.17, 15) is 9.59 Å². The number of benzene rings is 2. The van der Waals surface area contributed by atoms with Crippen LogP contribution >= 0.6 is 15.9 Å². The van der Waals surface area contributed by atoms with Crippen molar-refractivity contribution in [2.75, 3.05) is 18.5 Å². The highest BCUT2D eigenvalue weighted by Gasteiger charge is 2.30. The lowest BCUT2D eigenvalue weighted by Crippen LogP contribution is -2.36. The van der Waals surface area contributed by atoms with E-state index in [2.05, 4.69) is 26.6 Å². The SMILES string of the molecule is Cc1cc(NC(=O)CNC(=O)C2COc3ccccc32)ccc1Br. The summed E-state index contributed by atoms with van der Waals surface area (Å²) in [5.41, 5.74) is 2.58. The summed E-state index contributed by atoms with van der Waals surface area (Å²) in [5, 5.41) is 5.44. The van der Waals surface area contributed by atoms with Gasteiger partial charge in [0.1, 0.15) is 18.3 Å². The zero-order valence-electron chi connectivity index (χ0n) is 13.1. The Morgan fingerprint density at radius 3 is 2.83 bits per heavy atom. The maximum atomic E-state index is 12.3. The van der Waals surface area contributed by atoms with Crippen molar-refractivity contribution in [2.45, 2.75) is 12.8 Å². The van der Waals surface area contributed by atoms with Gasteiger partial charge in [-0.15, -0.1) is 0 Å². The molecule has 2 aromatic carbocycles. The molecule has 0 aromatic heterocycles. The fourth-order valence-corrected chi connectivity index (χ4v) is 2.84. The molecule has 0 fully saturated rings. The number of halogens is 1. The number of nitrogens with one attached hydrogen (secondary N) is 2. The number of carbonyl (C=O) groups excluding carboxylic acids is 2. The molecule has 5 nitrogen and oxygen atoms in total. The summed E-state index contributed by atoms with van der Waals surface area (Å²) in [5.74, 6) is -0.115. The Kier molecular flexibility index (Phi) is 4.85. The third-order valence-corrected chi connectivity index (χ3v) is 4.77. The predicted octanol–water partition coefficient (Wildman–Crippen LogP) is 2.99. The van der Waals surface area contributed by atoms with E-state index in [0.29, 0.717) is 12.3 Å². The lowest BCUT2D eigenvalue weighted by molar-refractivity contribution is -0.125. The maximum Gasteiger partial charge on any atom is 0.243 e. The van der Waals surface area contributed by atoms with E-state index in [1.807, 2.05) is 43.3 Å². The summed E-state index contributed by atoms with van der Waals surface area (Å²) < 4.78 is 6.47. The summed E-state index contributed by atoms with van der Waals surface area (Å²) in [6.45, 7) is 2.17. The molecule has 0 bridgehead atoms. The van der Waals surface area contributed by atoms with Gasteiger partial charge in [0.2, 0.25) is 11.8 Å². The van der Waals surface area contributed by atoms with E-state index in [1.54, 1.807) is 6.07 Å². The molecule has 0 radical (unpaired) electrons. The van der Waals surface area contributed by atoms with Crippen LogP contribution in [-0.2, 0) is 9.59 Å². The minimum absolute atomic E-state index is 0.0768. The zero-order chi connectivity index (χ0) is 17.1. The molecule has 2 amide bonds. The van der Waals surface area contributed by atoms with Crippen molar-refractivity contribution in [3.63, 3.8) is 0 Å². The summed E-state index contributed by atoms with van der Waals surface area (Å²) >= 11 is 3.41. The van der Waals surface area contributed by atoms with Crippen LogP contribution in [0.3, 0.4) is 0 Å². The van der Waals surface area contributed by atoms with Crippen LogP contribution in [0.4, 0.5) is 5.69 Å². The number of hydrogen-bond donors (Lipinski definition) is 2. The van der Waals surface area contributed by atoms with Gasteiger partial charge in [0.15, 0.2) is 0 Å². The molecule has 0 saturated heterocycles. The van der Waals surface area contributed by atoms with Crippen molar-refractivity contribution >= 4 is 33.4 Å². The third-order valence-electron chi connectivity index (χ3n) is 3.88. The normalized spacial score (nSPS) is 15.3. The second-order valence-electron chi connectivity index (χ2n) is 5.63. The standard InChI is InChI=1S/C18H17BrN2O3/c1-11-8-12(6-7-15(11)19)21-17(22)9-20-18(23)14-10-24-16-5-3-2-4-13(14)16/h2-8,14H,9-10H2,1H3,(H,20,23)(H,21,22). The number of fused-ring (bicyclic) bond motifs is 1. The molecule has 3 rings (SSSR count). The van der Waals surface area contributed by atoms with E-state index in [0.717, 1.165) is 21.3 Å². The summed E-state index contributed by atoms with van der Waals surface area (Å²) in [6, 6.07) is 13.0. The summed E-state index contributed by atoms with van der Waals surface area (Å²) in [7, 11) is 0. The second-order valence-corrected chi connectivity index (χ2v) is 6.49. The summed E-state index contributed by atoms with van der Waals surface area (Å²) in [6.07, 6.45) is 0. The average Bonchev–Trinajstić information content (AvgIpc) is 3.00. The van der Waals surface area contributed by atoms with Gasteiger partial charge in [0.25, 0.3) is 0 Å². The Hall–Kier alpha value is -2.34. The van der Waals surface area contributed by atoms with Crippen LogP contribution in [0.1, 0.15) is 17.0 Å². The molecule has 1 aliphatic rings. The van der Waals surface area contributed by atoms with Gasteiger partial charge < -0.3 is 15.4 Å². The Labute approximate surface area is 148 Å². The minimum Gasteiger partial charge on any atom is -0.492 e. The number of carbonyl (C=O) groups is 2. The number of ether oxygens (including phenoxy) is 1. The van der Waals surface area contributed by atoms with Gasteiger partial charge in [-0.05, 0) is 36.8 Å². The predicted molar refractivity (Wildman–Crippen MR) is 95.2 cm³/mol. The van der Waals surface area contributed by atoms with Gasteiger partial charge in [0.05, 0.1) is 6.54 Å². The van der Waals surface area contributed by atoms with E-state index >= 15 is 0 Å². The van der Waals surface area contributed by atoms with Crippen molar-refractivity contribution in [3.05, 3.63) is 58.1 Å². The van der Waals surface area contributed by atoms with Gasteiger partial charge >= 0.3 is 0 Å². The molecule has 1 unspecified atom stereocenters. The molecule has 2 N–H and O–H groups in total.